The molecule has 2 aliphatic heterocycles. The largest absolute Gasteiger partial charge is 0.486 e. The van der Waals surface area contributed by atoms with Crippen LogP contribution < -0.4 is 14.2 Å². The summed E-state index contributed by atoms with van der Waals surface area (Å²) >= 11 is 1.41. The van der Waals surface area contributed by atoms with E-state index in [1.54, 1.807) is 12.1 Å². The molecule has 1 unspecified atom stereocenters. The van der Waals surface area contributed by atoms with Crippen molar-refractivity contribution >= 4 is 29.3 Å². The Kier molecular flexibility index (Phi) is 5.92. The molecule has 0 radical (unpaired) electrons. The van der Waals surface area contributed by atoms with Gasteiger partial charge in [0.05, 0.1) is 11.8 Å². The summed E-state index contributed by atoms with van der Waals surface area (Å²) in [5.41, 5.74) is 3.68. The molecule has 8 heteroatoms. The number of fused-ring (bicyclic) bond motifs is 1. The summed E-state index contributed by atoms with van der Waals surface area (Å²) in [7, 11) is 0. The zero-order valence-electron chi connectivity index (χ0n) is 18.0. The van der Waals surface area contributed by atoms with Gasteiger partial charge in [0.25, 0.3) is 0 Å². The molecular formula is C25H22FN3O3S. The van der Waals surface area contributed by atoms with E-state index in [-0.39, 0.29) is 17.8 Å². The molecule has 0 bridgehead atoms. The Bertz CT molecular complexity index is 1200. The van der Waals surface area contributed by atoms with E-state index in [0.29, 0.717) is 25.4 Å². The third-order valence-corrected chi connectivity index (χ3v) is 6.35. The van der Waals surface area contributed by atoms with Gasteiger partial charge in [-0.3, -0.25) is 4.79 Å². The van der Waals surface area contributed by atoms with Crippen molar-refractivity contribution in [3.63, 3.8) is 0 Å². The summed E-state index contributed by atoms with van der Waals surface area (Å²) in [5, 5.41) is 6.17. The van der Waals surface area contributed by atoms with E-state index in [2.05, 4.69) is 9.82 Å². The minimum absolute atomic E-state index is 0.112. The smallest absolute Gasteiger partial charge is 0.240 e. The van der Waals surface area contributed by atoms with Gasteiger partial charge in [-0.25, -0.2) is 9.40 Å². The monoisotopic (exact) mass is 463 g/mol. The fraction of sp³-hybridized carbons (Fsp3) is 0.200. The first kappa shape index (κ1) is 21.3. The lowest BCUT2D eigenvalue weighted by Crippen LogP contribution is -2.24. The lowest BCUT2D eigenvalue weighted by atomic mass is 9.98. The van der Waals surface area contributed by atoms with E-state index in [9.17, 15) is 9.18 Å². The van der Waals surface area contributed by atoms with Crippen molar-refractivity contribution in [2.24, 2.45) is 5.10 Å². The van der Waals surface area contributed by atoms with Gasteiger partial charge in [0.1, 0.15) is 19.0 Å². The first-order chi connectivity index (χ1) is 16.1. The third-order valence-electron chi connectivity index (χ3n) is 5.50. The molecule has 0 saturated heterocycles. The number of halogens is 1. The van der Waals surface area contributed by atoms with Gasteiger partial charge in [-0.2, -0.15) is 5.10 Å². The van der Waals surface area contributed by atoms with E-state index in [0.717, 1.165) is 33.2 Å². The Hall–Kier alpha value is -3.52. The highest BCUT2D eigenvalue weighted by Crippen LogP contribution is 2.38. The van der Waals surface area contributed by atoms with Crippen LogP contribution in [0.15, 0.2) is 76.7 Å². The molecule has 0 aromatic heterocycles. The Labute approximate surface area is 195 Å². The van der Waals surface area contributed by atoms with Gasteiger partial charge in [0.2, 0.25) is 5.91 Å². The van der Waals surface area contributed by atoms with Gasteiger partial charge in [-0.15, -0.1) is 0 Å². The van der Waals surface area contributed by atoms with Gasteiger partial charge in [-0.1, -0.05) is 18.2 Å². The van der Waals surface area contributed by atoms with Crippen molar-refractivity contribution in [3.05, 3.63) is 83.7 Å². The number of benzene rings is 3. The zero-order valence-corrected chi connectivity index (χ0v) is 18.8. The molecule has 1 amide bonds. The first-order valence-electron chi connectivity index (χ1n) is 10.6. The highest BCUT2D eigenvalue weighted by atomic mass is 32.2. The second-order valence-electron chi connectivity index (χ2n) is 7.77. The fourth-order valence-electron chi connectivity index (χ4n) is 3.85. The lowest BCUT2D eigenvalue weighted by Gasteiger charge is -2.23. The molecule has 0 spiro atoms. The number of ether oxygens (including phenoxy) is 2. The van der Waals surface area contributed by atoms with Gasteiger partial charge >= 0.3 is 0 Å². The van der Waals surface area contributed by atoms with Crippen LogP contribution in [0.3, 0.4) is 0 Å². The number of carbonyl (C=O) groups excluding carboxylic acids is 1. The summed E-state index contributed by atoms with van der Waals surface area (Å²) in [6.45, 7) is 2.58. The third kappa shape index (κ3) is 4.66. The molecule has 1 N–H and O–H groups in total. The van der Waals surface area contributed by atoms with Crippen LogP contribution in [-0.4, -0.2) is 29.8 Å². The molecule has 6 nitrogen and oxygen atoms in total. The molecule has 2 aliphatic rings. The van der Waals surface area contributed by atoms with Gasteiger partial charge in [0, 0.05) is 23.9 Å². The predicted octanol–water partition coefficient (Wildman–Crippen LogP) is 5.41. The molecule has 1 atom stereocenters. The molecule has 0 saturated carbocycles. The van der Waals surface area contributed by atoms with Crippen LogP contribution in [0.1, 0.15) is 30.5 Å². The Morgan fingerprint density at radius 2 is 1.76 bits per heavy atom. The SMILES string of the molecule is CC(=O)N1N=C(c2ccc(NSc3ccc(F)cc3)cc2)CC1c1ccc2c(c1)OCCO2. The van der Waals surface area contributed by atoms with E-state index < -0.39 is 0 Å². The minimum Gasteiger partial charge on any atom is -0.486 e. The first-order valence-corrected chi connectivity index (χ1v) is 11.4. The van der Waals surface area contributed by atoms with Crippen LogP contribution in [0.4, 0.5) is 10.1 Å². The number of nitrogens with zero attached hydrogens (tertiary/aromatic N) is 2. The maximum atomic E-state index is 13.1. The number of hydrazone groups is 1. The number of nitrogens with one attached hydrogen (secondary N) is 1. The van der Waals surface area contributed by atoms with Crippen molar-refractivity contribution in [1.82, 2.24) is 5.01 Å². The fourth-order valence-corrected chi connectivity index (χ4v) is 4.50. The van der Waals surface area contributed by atoms with E-state index in [4.69, 9.17) is 9.47 Å². The normalized spacial score (nSPS) is 17.0. The molecule has 5 rings (SSSR count). The van der Waals surface area contributed by atoms with Gasteiger partial charge < -0.3 is 14.2 Å². The van der Waals surface area contributed by atoms with Gasteiger partial charge in [0.15, 0.2) is 11.5 Å². The Morgan fingerprint density at radius 1 is 1.03 bits per heavy atom. The summed E-state index contributed by atoms with van der Waals surface area (Å²) in [6.07, 6.45) is 0.607. The number of rotatable bonds is 5. The number of hydrogen-bond acceptors (Lipinski definition) is 6. The van der Waals surface area contributed by atoms with Crippen molar-refractivity contribution < 1.29 is 18.7 Å². The summed E-state index contributed by atoms with van der Waals surface area (Å²) < 4.78 is 27.6. The lowest BCUT2D eigenvalue weighted by molar-refractivity contribution is -0.130. The quantitative estimate of drug-likeness (QED) is 0.513. The maximum absolute atomic E-state index is 13.1. The second-order valence-corrected chi connectivity index (χ2v) is 8.65. The van der Waals surface area contributed by atoms with Crippen LogP contribution in [-0.2, 0) is 4.79 Å². The van der Waals surface area contributed by atoms with Crippen LogP contribution in [0.25, 0.3) is 0 Å². The molecule has 33 heavy (non-hydrogen) atoms. The van der Waals surface area contributed by atoms with Crippen LogP contribution in [0.2, 0.25) is 0 Å². The van der Waals surface area contributed by atoms with Crippen molar-refractivity contribution in [3.8, 4) is 11.5 Å². The summed E-state index contributed by atoms with van der Waals surface area (Å²) in [6, 6.07) is 19.8. The standard InChI is InChI=1S/C25H22FN3O3S/c1-16(30)29-23(18-4-11-24-25(14-18)32-13-12-31-24)15-22(27-29)17-2-7-20(8-3-17)28-33-21-9-5-19(26)6-10-21/h2-11,14,23,28H,12-13,15H2,1H3. The second kappa shape index (κ2) is 9.15. The highest BCUT2D eigenvalue weighted by molar-refractivity contribution is 8.00. The number of hydrogen-bond donors (Lipinski definition) is 1. The van der Waals surface area contributed by atoms with Crippen molar-refractivity contribution in [1.29, 1.82) is 0 Å². The van der Waals surface area contributed by atoms with Crippen LogP contribution in [0, 0.1) is 5.82 Å². The van der Waals surface area contributed by atoms with E-state index in [1.807, 2.05) is 42.5 Å². The predicted molar refractivity (Wildman–Crippen MR) is 126 cm³/mol. The molecule has 3 aromatic carbocycles. The van der Waals surface area contributed by atoms with E-state index in [1.165, 1.54) is 36.0 Å². The average Bonchev–Trinajstić information content (AvgIpc) is 3.30. The molecular weight excluding hydrogens is 441 g/mol. The average molecular weight is 464 g/mol. The zero-order chi connectivity index (χ0) is 22.8. The highest BCUT2D eigenvalue weighted by Gasteiger charge is 2.32. The van der Waals surface area contributed by atoms with Crippen molar-refractivity contribution in [2.45, 2.75) is 24.3 Å². The molecule has 0 aliphatic carbocycles. The molecule has 168 valence electrons. The van der Waals surface area contributed by atoms with Crippen LogP contribution in [0.5, 0.6) is 11.5 Å². The Balaban J connectivity index is 1.30. The summed E-state index contributed by atoms with van der Waals surface area (Å²) in [5.74, 6) is 1.05. The molecule has 2 heterocycles. The number of carbonyl (C=O) groups is 1. The number of amides is 1. The topological polar surface area (TPSA) is 63.2 Å². The molecule has 0 fully saturated rings. The van der Waals surface area contributed by atoms with Crippen molar-refractivity contribution in [2.75, 3.05) is 17.9 Å². The molecule has 3 aromatic rings. The number of anilines is 1. The summed E-state index contributed by atoms with van der Waals surface area (Å²) in [4.78, 5) is 13.2. The minimum atomic E-state index is -0.254. The van der Waals surface area contributed by atoms with Gasteiger partial charge in [-0.05, 0) is 71.6 Å². The van der Waals surface area contributed by atoms with Crippen LogP contribution >= 0.6 is 11.9 Å². The maximum Gasteiger partial charge on any atom is 0.240 e. The Morgan fingerprint density at radius 3 is 2.48 bits per heavy atom. The van der Waals surface area contributed by atoms with E-state index >= 15 is 0 Å².